The number of esters is 1. The van der Waals surface area contributed by atoms with Crippen LogP contribution in [0, 0.1) is 5.82 Å². The molecular formula is C21H25FO4. The van der Waals surface area contributed by atoms with Gasteiger partial charge in [-0.1, -0.05) is 38.5 Å². The molecule has 0 saturated heterocycles. The van der Waals surface area contributed by atoms with E-state index in [0.717, 1.165) is 0 Å². The van der Waals surface area contributed by atoms with Crippen molar-refractivity contribution >= 4 is 5.97 Å². The van der Waals surface area contributed by atoms with Crippen LogP contribution in [0.2, 0.25) is 0 Å². The number of hydrogen-bond donors (Lipinski definition) is 1. The summed E-state index contributed by atoms with van der Waals surface area (Å²) in [6, 6.07) is 6.85. The molecule has 0 saturated carbocycles. The Kier molecular flexibility index (Phi) is 6.61. The highest BCUT2D eigenvalue weighted by Crippen LogP contribution is 2.42. The normalized spacial score (nSPS) is 10.7. The summed E-state index contributed by atoms with van der Waals surface area (Å²) in [5.74, 6) is -1.05. The van der Waals surface area contributed by atoms with Crippen molar-refractivity contribution < 1.29 is 23.8 Å². The fourth-order valence-electron chi connectivity index (χ4n) is 3.20. The Morgan fingerprint density at radius 1 is 1.15 bits per heavy atom. The van der Waals surface area contributed by atoms with Crippen LogP contribution in [0.5, 0.6) is 11.5 Å². The highest BCUT2D eigenvalue weighted by atomic mass is 19.1. The number of methoxy groups -OCH3 is 1. The molecule has 0 aliphatic rings. The van der Waals surface area contributed by atoms with E-state index in [0.29, 0.717) is 41.7 Å². The molecule has 26 heavy (non-hydrogen) atoms. The number of ether oxygens (including phenoxy) is 2. The van der Waals surface area contributed by atoms with Crippen molar-refractivity contribution in [1.82, 2.24) is 0 Å². The van der Waals surface area contributed by atoms with E-state index < -0.39 is 11.8 Å². The lowest BCUT2D eigenvalue weighted by Crippen LogP contribution is -2.13. The molecule has 0 atom stereocenters. The topological polar surface area (TPSA) is 55.8 Å². The minimum atomic E-state index is -0.748. The van der Waals surface area contributed by atoms with Gasteiger partial charge in [-0.25, -0.2) is 9.18 Å². The first-order chi connectivity index (χ1) is 12.5. The lowest BCUT2D eigenvalue weighted by Gasteiger charge is -2.20. The zero-order valence-electron chi connectivity index (χ0n) is 15.7. The number of aromatic hydroxyl groups is 1. The third-order valence-electron chi connectivity index (χ3n) is 4.33. The molecule has 0 spiro atoms. The van der Waals surface area contributed by atoms with Gasteiger partial charge in [0.05, 0.1) is 13.7 Å². The lowest BCUT2D eigenvalue weighted by atomic mass is 9.88. The predicted molar refractivity (Wildman–Crippen MR) is 99.4 cm³/mol. The highest BCUT2D eigenvalue weighted by Gasteiger charge is 2.29. The van der Waals surface area contributed by atoms with E-state index in [9.17, 15) is 9.90 Å². The van der Waals surface area contributed by atoms with E-state index in [2.05, 4.69) is 0 Å². The van der Waals surface area contributed by atoms with Gasteiger partial charge in [0.2, 0.25) is 0 Å². The summed E-state index contributed by atoms with van der Waals surface area (Å²) in [6.07, 6.45) is 1.60. The van der Waals surface area contributed by atoms with E-state index in [4.69, 9.17) is 9.47 Å². The van der Waals surface area contributed by atoms with Crippen LogP contribution in [-0.4, -0.2) is 24.8 Å². The molecule has 1 N–H and O–H groups in total. The Bertz CT molecular complexity index is 799. The van der Waals surface area contributed by atoms with Gasteiger partial charge in [0.1, 0.15) is 22.9 Å². The molecule has 2 aromatic carbocycles. The van der Waals surface area contributed by atoms with Crippen LogP contribution >= 0.6 is 0 Å². The zero-order valence-corrected chi connectivity index (χ0v) is 15.7. The number of para-hydroxylation sites is 1. The maximum Gasteiger partial charge on any atom is 0.342 e. The van der Waals surface area contributed by atoms with Crippen LogP contribution in [0.4, 0.5) is 4.39 Å². The first kappa shape index (κ1) is 19.8. The molecule has 2 aromatic rings. The second-order valence-corrected chi connectivity index (χ2v) is 5.89. The second-order valence-electron chi connectivity index (χ2n) is 5.89. The van der Waals surface area contributed by atoms with Gasteiger partial charge in [-0.2, -0.15) is 0 Å². The molecule has 0 aromatic heterocycles. The third-order valence-corrected chi connectivity index (χ3v) is 4.33. The summed E-state index contributed by atoms with van der Waals surface area (Å²) in [5, 5.41) is 10.8. The standard InChI is InChI=1S/C21H25FO4/c1-5-10-14-13(6-2)20(23)18(21(24)26-7-3)17(19(14)22)15-11-8-9-12-16(15)25-4/h8-9,11-12,23H,5-7,10H2,1-4H3. The molecule has 140 valence electrons. The number of carbonyl (C=O) groups is 1. The molecule has 2 rings (SSSR count). The van der Waals surface area contributed by atoms with Crippen LogP contribution in [0.25, 0.3) is 11.1 Å². The SMILES string of the molecule is CCCc1c(F)c(-c2ccccc2OC)c(C(=O)OCC)c(O)c1CC. The van der Waals surface area contributed by atoms with E-state index in [1.54, 1.807) is 31.2 Å². The summed E-state index contributed by atoms with van der Waals surface area (Å²) >= 11 is 0. The molecule has 4 nitrogen and oxygen atoms in total. The van der Waals surface area contributed by atoms with E-state index in [-0.39, 0.29) is 23.5 Å². The number of hydrogen-bond acceptors (Lipinski definition) is 4. The summed E-state index contributed by atoms with van der Waals surface area (Å²) in [6.45, 7) is 5.56. The minimum Gasteiger partial charge on any atom is -0.507 e. The first-order valence-corrected chi connectivity index (χ1v) is 8.88. The summed E-state index contributed by atoms with van der Waals surface area (Å²) in [4.78, 5) is 12.6. The van der Waals surface area contributed by atoms with Crippen LogP contribution in [-0.2, 0) is 17.6 Å². The average Bonchev–Trinajstić information content (AvgIpc) is 2.64. The Labute approximate surface area is 153 Å². The van der Waals surface area contributed by atoms with Crippen molar-refractivity contribution in [1.29, 1.82) is 0 Å². The van der Waals surface area contributed by atoms with E-state index >= 15 is 4.39 Å². The molecule has 0 unspecified atom stereocenters. The Hall–Kier alpha value is -2.56. The maximum absolute atomic E-state index is 15.6. The van der Waals surface area contributed by atoms with Gasteiger partial charge in [0.25, 0.3) is 0 Å². The third kappa shape index (κ3) is 3.52. The Morgan fingerprint density at radius 3 is 2.42 bits per heavy atom. The molecule has 0 aliphatic carbocycles. The van der Waals surface area contributed by atoms with Crippen molar-refractivity contribution in [3.8, 4) is 22.6 Å². The van der Waals surface area contributed by atoms with Gasteiger partial charge in [0, 0.05) is 16.7 Å². The van der Waals surface area contributed by atoms with Crippen molar-refractivity contribution in [2.24, 2.45) is 0 Å². The largest absolute Gasteiger partial charge is 0.507 e. The van der Waals surface area contributed by atoms with Crippen LogP contribution in [0.3, 0.4) is 0 Å². The molecule has 0 aliphatic heterocycles. The number of phenols is 1. The molecule has 0 radical (unpaired) electrons. The van der Waals surface area contributed by atoms with Crippen LogP contribution in [0.15, 0.2) is 24.3 Å². The number of halogens is 1. The van der Waals surface area contributed by atoms with Gasteiger partial charge in [-0.3, -0.25) is 0 Å². The predicted octanol–water partition coefficient (Wildman–Crippen LogP) is 4.90. The molecular weight excluding hydrogens is 335 g/mol. The van der Waals surface area contributed by atoms with Gasteiger partial charge < -0.3 is 14.6 Å². The van der Waals surface area contributed by atoms with Gasteiger partial charge in [0.15, 0.2) is 0 Å². The van der Waals surface area contributed by atoms with E-state index in [1.807, 2.05) is 13.8 Å². The fourth-order valence-corrected chi connectivity index (χ4v) is 3.20. The lowest BCUT2D eigenvalue weighted by molar-refractivity contribution is 0.0523. The monoisotopic (exact) mass is 360 g/mol. The summed E-state index contributed by atoms with van der Waals surface area (Å²) < 4.78 is 26.0. The number of benzene rings is 2. The van der Waals surface area contributed by atoms with Crippen LogP contribution < -0.4 is 4.74 Å². The van der Waals surface area contributed by atoms with Gasteiger partial charge >= 0.3 is 5.97 Å². The van der Waals surface area contributed by atoms with E-state index in [1.165, 1.54) is 7.11 Å². The summed E-state index contributed by atoms with van der Waals surface area (Å²) in [5.41, 5.74) is 1.17. The molecule has 0 bridgehead atoms. The fraction of sp³-hybridized carbons (Fsp3) is 0.381. The zero-order chi connectivity index (χ0) is 19.3. The number of phenolic OH excluding ortho intramolecular Hbond substituents is 1. The van der Waals surface area contributed by atoms with Crippen LogP contribution in [0.1, 0.15) is 48.7 Å². The molecule has 0 amide bonds. The smallest absolute Gasteiger partial charge is 0.342 e. The molecule has 5 heteroatoms. The Balaban J connectivity index is 2.93. The van der Waals surface area contributed by atoms with Gasteiger partial charge in [-0.05, 0) is 31.4 Å². The quantitative estimate of drug-likeness (QED) is 0.714. The molecule has 0 heterocycles. The summed E-state index contributed by atoms with van der Waals surface area (Å²) in [7, 11) is 1.48. The van der Waals surface area contributed by atoms with Crippen molar-refractivity contribution in [3.05, 3.63) is 46.8 Å². The van der Waals surface area contributed by atoms with Crippen molar-refractivity contribution in [3.63, 3.8) is 0 Å². The average molecular weight is 360 g/mol. The van der Waals surface area contributed by atoms with Crippen molar-refractivity contribution in [2.45, 2.75) is 40.0 Å². The second kappa shape index (κ2) is 8.70. The highest BCUT2D eigenvalue weighted by molar-refractivity contribution is 6.02. The minimum absolute atomic E-state index is 0.0269. The maximum atomic E-state index is 15.6. The first-order valence-electron chi connectivity index (χ1n) is 8.88. The number of carbonyl (C=O) groups excluding carboxylic acids is 1. The molecule has 0 fully saturated rings. The number of rotatable bonds is 7. The van der Waals surface area contributed by atoms with Gasteiger partial charge in [-0.15, -0.1) is 0 Å². The Morgan fingerprint density at radius 2 is 1.85 bits per heavy atom. The van der Waals surface area contributed by atoms with Crippen molar-refractivity contribution in [2.75, 3.05) is 13.7 Å².